The molecule has 0 radical (unpaired) electrons. The third-order valence-electron chi connectivity index (χ3n) is 3.53. The molecule has 1 aliphatic rings. The van der Waals surface area contributed by atoms with Gasteiger partial charge in [0.1, 0.15) is 5.01 Å². The number of hydrogen-bond donors (Lipinski definition) is 1. The SMILES string of the molecule is CC(=O)N[C@@H](c1nccs1)C1CCN(C(C)=O)CC1. The second kappa shape index (κ2) is 6.14. The van der Waals surface area contributed by atoms with Crippen molar-refractivity contribution < 1.29 is 9.59 Å². The molecule has 1 aliphatic heterocycles. The topological polar surface area (TPSA) is 62.3 Å². The van der Waals surface area contributed by atoms with Gasteiger partial charge in [0.2, 0.25) is 11.8 Å². The normalized spacial score (nSPS) is 18.1. The first-order valence-electron chi connectivity index (χ1n) is 6.50. The van der Waals surface area contributed by atoms with E-state index < -0.39 is 0 Å². The molecule has 104 valence electrons. The lowest BCUT2D eigenvalue weighted by Crippen LogP contribution is -2.41. The molecule has 1 aromatic heterocycles. The Labute approximate surface area is 117 Å². The Bertz CT molecular complexity index is 439. The van der Waals surface area contributed by atoms with Crippen molar-refractivity contribution in [3.63, 3.8) is 0 Å². The highest BCUT2D eigenvalue weighted by atomic mass is 32.1. The Morgan fingerprint density at radius 1 is 1.42 bits per heavy atom. The summed E-state index contributed by atoms with van der Waals surface area (Å²) in [6.07, 6.45) is 3.58. The number of rotatable bonds is 3. The Morgan fingerprint density at radius 3 is 2.58 bits per heavy atom. The van der Waals surface area contributed by atoms with Crippen molar-refractivity contribution in [3.05, 3.63) is 16.6 Å². The molecule has 0 unspecified atom stereocenters. The molecule has 2 rings (SSSR count). The minimum atomic E-state index is -0.0332. The summed E-state index contributed by atoms with van der Waals surface area (Å²) >= 11 is 1.57. The van der Waals surface area contributed by atoms with E-state index in [2.05, 4.69) is 10.3 Å². The van der Waals surface area contributed by atoms with Crippen molar-refractivity contribution in [2.75, 3.05) is 13.1 Å². The van der Waals surface area contributed by atoms with Crippen LogP contribution in [0.4, 0.5) is 0 Å². The van der Waals surface area contributed by atoms with Crippen LogP contribution in [0, 0.1) is 5.92 Å². The molecule has 19 heavy (non-hydrogen) atoms. The molecular formula is C13H19N3O2S. The Hall–Kier alpha value is -1.43. The molecule has 1 saturated heterocycles. The molecule has 0 bridgehead atoms. The van der Waals surface area contributed by atoms with Crippen LogP contribution in [0.3, 0.4) is 0 Å². The summed E-state index contributed by atoms with van der Waals surface area (Å²) in [7, 11) is 0. The van der Waals surface area contributed by atoms with Crippen molar-refractivity contribution in [2.45, 2.75) is 32.7 Å². The largest absolute Gasteiger partial charge is 0.347 e. The summed E-state index contributed by atoms with van der Waals surface area (Å²) < 4.78 is 0. The molecule has 1 aromatic rings. The van der Waals surface area contributed by atoms with Crippen molar-refractivity contribution in [3.8, 4) is 0 Å². The second-order valence-corrected chi connectivity index (χ2v) is 5.82. The molecule has 1 fully saturated rings. The summed E-state index contributed by atoms with van der Waals surface area (Å²) in [5.41, 5.74) is 0. The van der Waals surface area contributed by atoms with Crippen molar-refractivity contribution in [1.29, 1.82) is 0 Å². The minimum Gasteiger partial charge on any atom is -0.347 e. The standard InChI is InChI=1S/C13H19N3O2S/c1-9(17)15-12(13-14-5-8-19-13)11-3-6-16(7-4-11)10(2)18/h5,8,11-12H,3-4,6-7H2,1-2H3,(H,15,17)/t12-/m1/s1. The number of likely N-dealkylation sites (tertiary alicyclic amines) is 1. The van der Waals surface area contributed by atoms with Crippen molar-refractivity contribution in [2.24, 2.45) is 5.92 Å². The Kier molecular flexibility index (Phi) is 4.52. The number of nitrogens with zero attached hydrogens (tertiary/aromatic N) is 2. The molecule has 5 nitrogen and oxygen atoms in total. The summed E-state index contributed by atoms with van der Waals surface area (Å²) in [5.74, 6) is 0.448. The summed E-state index contributed by atoms with van der Waals surface area (Å²) in [6, 6.07) is -0.0217. The highest BCUT2D eigenvalue weighted by molar-refractivity contribution is 7.09. The van der Waals surface area contributed by atoms with Gasteiger partial charge in [-0.2, -0.15) is 0 Å². The first-order valence-corrected chi connectivity index (χ1v) is 7.38. The zero-order valence-corrected chi connectivity index (χ0v) is 12.1. The predicted octanol–water partition coefficient (Wildman–Crippen LogP) is 1.58. The fourth-order valence-electron chi connectivity index (χ4n) is 2.54. The third kappa shape index (κ3) is 3.53. The number of nitrogens with one attached hydrogen (secondary N) is 1. The van der Waals surface area contributed by atoms with E-state index in [9.17, 15) is 9.59 Å². The Morgan fingerprint density at radius 2 is 2.11 bits per heavy atom. The van der Waals surface area contributed by atoms with Crippen molar-refractivity contribution >= 4 is 23.2 Å². The number of carbonyl (C=O) groups is 2. The monoisotopic (exact) mass is 281 g/mol. The lowest BCUT2D eigenvalue weighted by Gasteiger charge is -2.35. The highest BCUT2D eigenvalue weighted by Crippen LogP contribution is 2.31. The maximum atomic E-state index is 11.4. The number of aromatic nitrogens is 1. The van der Waals surface area contributed by atoms with E-state index in [1.54, 1.807) is 24.5 Å². The van der Waals surface area contributed by atoms with Crippen LogP contribution in [0.25, 0.3) is 0 Å². The van der Waals surface area contributed by atoms with Crippen LogP contribution < -0.4 is 5.32 Å². The summed E-state index contributed by atoms with van der Waals surface area (Å²) in [5, 5.41) is 5.88. The molecule has 0 aromatic carbocycles. The fourth-order valence-corrected chi connectivity index (χ4v) is 3.32. The van der Waals surface area contributed by atoms with Crippen molar-refractivity contribution in [1.82, 2.24) is 15.2 Å². The predicted molar refractivity (Wildman–Crippen MR) is 73.6 cm³/mol. The van der Waals surface area contributed by atoms with Gasteiger partial charge in [0.15, 0.2) is 0 Å². The second-order valence-electron chi connectivity index (χ2n) is 4.89. The Balaban J connectivity index is 2.04. The molecule has 2 heterocycles. The van der Waals surface area contributed by atoms with E-state index in [1.807, 2.05) is 10.3 Å². The lowest BCUT2D eigenvalue weighted by atomic mass is 9.89. The van der Waals surface area contributed by atoms with Gasteiger partial charge in [-0.1, -0.05) is 0 Å². The molecule has 0 spiro atoms. The van der Waals surface area contributed by atoms with Gasteiger partial charge < -0.3 is 10.2 Å². The van der Waals surface area contributed by atoms with E-state index in [4.69, 9.17) is 0 Å². The molecule has 6 heteroatoms. The molecule has 1 N–H and O–H groups in total. The van der Waals surface area contributed by atoms with Gasteiger partial charge >= 0.3 is 0 Å². The third-order valence-corrected chi connectivity index (χ3v) is 4.39. The first kappa shape index (κ1) is 14.0. The van der Waals surface area contributed by atoms with Gasteiger partial charge in [0.05, 0.1) is 6.04 Å². The molecule has 0 saturated carbocycles. The smallest absolute Gasteiger partial charge is 0.219 e. The van der Waals surface area contributed by atoms with Crippen LogP contribution in [-0.4, -0.2) is 34.8 Å². The first-order chi connectivity index (χ1) is 9.08. The van der Waals surface area contributed by atoms with E-state index in [-0.39, 0.29) is 17.9 Å². The molecular weight excluding hydrogens is 262 g/mol. The number of piperidine rings is 1. The number of thiazole rings is 1. The quantitative estimate of drug-likeness (QED) is 0.915. The van der Waals surface area contributed by atoms with Gasteiger partial charge in [0.25, 0.3) is 0 Å². The zero-order valence-electron chi connectivity index (χ0n) is 11.3. The minimum absolute atomic E-state index is 0.0217. The van der Waals surface area contributed by atoms with Crippen LogP contribution >= 0.6 is 11.3 Å². The molecule has 0 aliphatic carbocycles. The number of carbonyl (C=O) groups excluding carboxylic acids is 2. The van der Waals surface area contributed by atoms with Gasteiger partial charge in [-0.25, -0.2) is 4.98 Å². The maximum Gasteiger partial charge on any atom is 0.219 e. The van der Waals surface area contributed by atoms with E-state index in [1.165, 1.54) is 6.92 Å². The van der Waals surface area contributed by atoms with E-state index in [0.717, 1.165) is 30.9 Å². The lowest BCUT2D eigenvalue weighted by molar-refractivity contribution is -0.130. The average molecular weight is 281 g/mol. The summed E-state index contributed by atoms with van der Waals surface area (Å²) in [6.45, 7) is 4.67. The van der Waals surface area contributed by atoms with E-state index in [0.29, 0.717) is 5.92 Å². The van der Waals surface area contributed by atoms with Crippen LogP contribution in [0.2, 0.25) is 0 Å². The van der Waals surface area contributed by atoms with Gasteiger partial charge in [-0.05, 0) is 18.8 Å². The van der Waals surface area contributed by atoms with Crippen LogP contribution in [0.5, 0.6) is 0 Å². The van der Waals surface area contributed by atoms with Gasteiger partial charge in [0, 0.05) is 38.5 Å². The van der Waals surface area contributed by atoms with E-state index >= 15 is 0 Å². The van der Waals surface area contributed by atoms with Crippen LogP contribution in [0.15, 0.2) is 11.6 Å². The molecule has 1 atom stereocenters. The van der Waals surface area contributed by atoms with Gasteiger partial charge in [-0.15, -0.1) is 11.3 Å². The van der Waals surface area contributed by atoms with Gasteiger partial charge in [-0.3, -0.25) is 9.59 Å². The summed E-state index contributed by atoms with van der Waals surface area (Å²) in [4.78, 5) is 28.9. The number of amides is 2. The average Bonchev–Trinajstić information content (AvgIpc) is 2.89. The van der Waals surface area contributed by atoms with Crippen LogP contribution in [-0.2, 0) is 9.59 Å². The molecule has 2 amide bonds. The van der Waals surface area contributed by atoms with Crippen LogP contribution in [0.1, 0.15) is 37.7 Å². The zero-order chi connectivity index (χ0) is 13.8. The fraction of sp³-hybridized carbons (Fsp3) is 0.615. The highest BCUT2D eigenvalue weighted by Gasteiger charge is 2.30. The maximum absolute atomic E-state index is 11.4. The number of hydrogen-bond acceptors (Lipinski definition) is 4.